The number of hydrogen-bond donors (Lipinski definition) is 8. The van der Waals surface area contributed by atoms with Crippen LogP contribution in [0, 0.1) is 0 Å². The first-order valence-corrected chi connectivity index (χ1v) is 20.3. The van der Waals surface area contributed by atoms with Crippen molar-refractivity contribution in [3.8, 4) is 11.5 Å². The van der Waals surface area contributed by atoms with E-state index >= 15 is 0 Å². The highest BCUT2D eigenvalue weighted by Crippen LogP contribution is 2.45. The van der Waals surface area contributed by atoms with E-state index in [0.29, 0.717) is 0 Å². The van der Waals surface area contributed by atoms with E-state index in [1.54, 1.807) is 0 Å². The Morgan fingerprint density at radius 3 is 1.12 bits per heavy atom. The molecule has 6 aromatic rings. The molecule has 0 atom stereocenters. The Kier molecular flexibility index (Phi) is 11.9. The Labute approximate surface area is 355 Å². The Balaban J connectivity index is 1.28. The maximum absolute atomic E-state index is 13.1. The molecule has 0 heterocycles. The molecule has 0 spiro atoms. The van der Waals surface area contributed by atoms with E-state index in [1.165, 1.54) is 36.4 Å². The molecule has 0 saturated heterocycles. The number of carbonyl (C=O) groups is 3. The summed E-state index contributed by atoms with van der Waals surface area (Å²) in [6, 6.07) is 12.6. The molecule has 0 aliphatic rings. The second kappa shape index (κ2) is 16.5. The van der Waals surface area contributed by atoms with Crippen LogP contribution < -0.4 is 10.6 Å². The van der Waals surface area contributed by atoms with Crippen LogP contribution in [0.4, 0.5) is 38.9 Å². The second-order valence-electron chi connectivity index (χ2n) is 12.1. The predicted octanol–water partition coefficient (Wildman–Crippen LogP) is 10.4. The van der Waals surface area contributed by atoms with Crippen molar-refractivity contribution in [3.63, 3.8) is 0 Å². The Bertz CT molecular complexity index is 2910. The topological polar surface area (TPSA) is 314 Å². The molecule has 60 heavy (non-hydrogen) atoms. The number of urea groups is 1. The number of carboxylic acid groups (broad SMARTS) is 2. The Hall–Kier alpha value is -6.17. The number of aromatic hydroxyl groups is 2. The number of anilines is 2. The van der Waals surface area contributed by atoms with Gasteiger partial charge >= 0.3 is 18.0 Å². The number of amides is 2. The van der Waals surface area contributed by atoms with Gasteiger partial charge in [-0.05, 0) is 83.6 Å². The number of hydrogen-bond acceptors (Lipinski definition) is 13. The van der Waals surface area contributed by atoms with Crippen molar-refractivity contribution < 1.29 is 60.8 Å². The van der Waals surface area contributed by atoms with Crippen molar-refractivity contribution in [2.24, 2.45) is 20.5 Å². The van der Waals surface area contributed by atoms with Gasteiger partial charge in [-0.1, -0.05) is 46.4 Å². The summed E-state index contributed by atoms with van der Waals surface area (Å²) in [5.74, 6) is -4.24. The maximum Gasteiger partial charge on any atom is 0.335 e. The quantitative estimate of drug-likeness (QED) is 0.0468. The lowest BCUT2D eigenvalue weighted by atomic mass is 10.1. The third kappa shape index (κ3) is 9.02. The van der Waals surface area contributed by atoms with Crippen molar-refractivity contribution in [2.75, 3.05) is 10.6 Å². The van der Waals surface area contributed by atoms with Crippen LogP contribution in [0.3, 0.4) is 0 Å². The fourth-order valence-corrected chi connectivity index (χ4v) is 7.95. The molecule has 6 aromatic carbocycles. The number of fused-ring (bicyclic) bond motifs is 2. The number of nitrogens with one attached hydrogen (secondary N) is 2. The minimum absolute atomic E-state index is 0.0209. The molecule has 0 bridgehead atoms. The van der Waals surface area contributed by atoms with Gasteiger partial charge in [0.2, 0.25) is 0 Å². The van der Waals surface area contributed by atoms with Gasteiger partial charge in [-0.2, -0.15) is 16.8 Å². The van der Waals surface area contributed by atoms with Crippen LogP contribution in [-0.4, -0.2) is 64.3 Å². The number of phenols is 2. The van der Waals surface area contributed by atoms with Gasteiger partial charge in [-0.25, -0.2) is 14.4 Å². The lowest BCUT2D eigenvalue weighted by Crippen LogP contribution is -2.19. The SMILES string of the molecule is O=C(Nc1ccc2c(O)c(N=Nc3c(Cl)cc(C(=O)O)cc3Cl)c(S(=O)(=O)O)cc2c1)Nc1ccc2c(O)c(N=Nc3c(Cl)cc(C(=O)O)cc3Cl)c(S(=O)(=O)O)cc2c1. The molecule has 25 heteroatoms. The largest absolute Gasteiger partial charge is 0.505 e. The minimum atomic E-state index is -5.09. The fraction of sp³-hybridized carbons (Fsp3) is 0. The molecule has 8 N–H and O–H groups in total. The Morgan fingerprint density at radius 2 is 0.817 bits per heavy atom. The number of carboxylic acids is 2. The molecule has 0 saturated carbocycles. The standard InChI is InChI=1S/C35H20Cl4N6O13S2/c36-21-7-15(33(48)49)8-22(37)27(21)42-44-29-25(59(53,54)55)11-13-5-17(1-3-19(13)31(29)46)40-35(52)41-18-2-4-20-14(6-18)12-26(60(56,57)58)30(32(20)47)45-43-28-23(38)9-16(34(50)51)10-24(28)39/h1-12,46-47H,(H,48,49)(H,50,51)(H2,40,41,52)(H,53,54,55)(H,56,57,58). The lowest BCUT2D eigenvalue weighted by molar-refractivity contribution is 0.0686. The van der Waals surface area contributed by atoms with Crippen LogP contribution in [0.1, 0.15) is 20.7 Å². The van der Waals surface area contributed by atoms with Crippen LogP contribution in [0.5, 0.6) is 11.5 Å². The molecule has 0 aliphatic heterocycles. The summed E-state index contributed by atoms with van der Waals surface area (Å²) in [4.78, 5) is 33.8. The van der Waals surface area contributed by atoms with Crippen LogP contribution in [0.25, 0.3) is 21.5 Å². The van der Waals surface area contributed by atoms with E-state index in [0.717, 1.165) is 36.4 Å². The number of carbonyl (C=O) groups excluding carboxylic acids is 1. The number of halogens is 4. The number of rotatable bonds is 10. The van der Waals surface area contributed by atoms with Crippen molar-refractivity contribution in [1.29, 1.82) is 0 Å². The van der Waals surface area contributed by atoms with Gasteiger partial charge in [0.1, 0.15) is 32.5 Å². The van der Waals surface area contributed by atoms with Crippen LogP contribution in [0.2, 0.25) is 20.1 Å². The average Bonchev–Trinajstić information content (AvgIpc) is 3.14. The zero-order valence-electron chi connectivity index (χ0n) is 29.1. The lowest BCUT2D eigenvalue weighted by Gasteiger charge is -2.13. The van der Waals surface area contributed by atoms with Gasteiger partial charge in [0.15, 0.2) is 11.5 Å². The van der Waals surface area contributed by atoms with Gasteiger partial charge < -0.3 is 31.1 Å². The van der Waals surface area contributed by atoms with E-state index in [4.69, 9.17) is 46.4 Å². The third-order valence-corrected chi connectivity index (χ3v) is 11.1. The molecule has 0 aliphatic carbocycles. The first-order valence-electron chi connectivity index (χ1n) is 15.9. The van der Waals surface area contributed by atoms with E-state index in [2.05, 4.69) is 31.1 Å². The number of nitrogens with zero attached hydrogens (tertiary/aromatic N) is 4. The smallest absolute Gasteiger partial charge is 0.335 e. The zero-order valence-corrected chi connectivity index (χ0v) is 33.7. The summed E-state index contributed by atoms with van der Waals surface area (Å²) >= 11 is 24.4. The molecule has 0 aromatic heterocycles. The molecule has 0 unspecified atom stereocenters. The molecule has 6 rings (SSSR count). The van der Waals surface area contributed by atoms with E-state index in [1.807, 2.05) is 0 Å². The zero-order chi connectivity index (χ0) is 44.0. The fourth-order valence-electron chi connectivity index (χ4n) is 5.51. The number of benzene rings is 6. The van der Waals surface area contributed by atoms with Crippen molar-refractivity contribution in [1.82, 2.24) is 0 Å². The maximum atomic E-state index is 13.1. The first kappa shape index (κ1) is 43.4. The summed E-state index contributed by atoms with van der Waals surface area (Å²) < 4.78 is 69.5. The first-order chi connectivity index (χ1) is 28.0. The molecular formula is C35H20Cl4N6O13S2. The monoisotopic (exact) mass is 936 g/mol. The average molecular weight is 939 g/mol. The second-order valence-corrected chi connectivity index (χ2v) is 16.5. The highest BCUT2D eigenvalue weighted by Gasteiger charge is 2.25. The molecule has 19 nitrogen and oxygen atoms in total. The van der Waals surface area contributed by atoms with E-state index < -0.39 is 70.9 Å². The van der Waals surface area contributed by atoms with Crippen LogP contribution >= 0.6 is 46.4 Å². The summed E-state index contributed by atoms with van der Waals surface area (Å²) in [7, 11) is -10.2. The highest BCUT2D eigenvalue weighted by atomic mass is 35.5. The minimum Gasteiger partial charge on any atom is -0.505 e. The van der Waals surface area contributed by atoms with Gasteiger partial charge in [0.05, 0.1) is 31.2 Å². The molecule has 308 valence electrons. The van der Waals surface area contributed by atoms with Gasteiger partial charge in [0.25, 0.3) is 20.2 Å². The Morgan fingerprint density at radius 1 is 0.500 bits per heavy atom. The number of phenolic OH excluding ortho intramolecular Hbond substituents is 2. The van der Waals surface area contributed by atoms with Gasteiger partial charge in [-0.3, -0.25) is 9.11 Å². The third-order valence-electron chi connectivity index (χ3n) is 8.20. The molecule has 2 amide bonds. The molecular weight excluding hydrogens is 918 g/mol. The predicted molar refractivity (Wildman–Crippen MR) is 219 cm³/mol. The van der Waals surface area contributed by atoms with Crippen LogP contribution in [0.15, 0.2) is 103 Å². The molecule has 0 fully saturated rings. The summed E-state index contributed by atoms with van der Waals surface area (Å²) in [5.41, 5.74) is -2.49. The number of aromatic carboxylic acids is 2. The van der Waals surface area contributed by atoms with E-state index in [9.17, 15) is 60.8 Å². The van der Waals surface area contributed by atoms with E-state index in [-0.39, 0.29) is 75.5 Å². The van der Waals surface area contributed by atoms with Crippen molar-refractivity contribution in [3.05, 3.63) is 104 Å². The molecule has 0 radical (unpaired) electrons. The summed E-state index contributed by atoms with van der Waals surface area (Å²) in [5, 5.41) is 59.3. The number of azo groups is 2. The van der Waals surface area contributed by atoms with Crippen LogP contribution in [-0.2, 0) is 20.2 Å². The van der Waals surface area contributed by atoms with Crippen molar-refractivity contribution >= 4 is 140 Å². The van der Waals surface area contributed by atoms with Crippen molar-refractivity contribution in [2.45, 2.75) is 9.79 Å². The summed E-state index contributed by atoms with van der Waals surface area (Å²) in [6.45, 7) is 0. The highest BCUT2D eigenvalue weighted by molar-refractivity contribution is 7.86. The van der Waals surface area contributed by atoms with Gasteiger partial charge in [-0.15, -0.1) is 20.5 Å². The van der Waals surface area contributed by atoms with Gasteiger partial charge in [0, 0.05) is 22.1 Å². The normalized spacial score (nSPS) is 12.1. The summed E-state index contributed by atoms with van der Waals surface area (Å²) in [6.07, 6.45) is 0.